The first kappa shape index (κ1) is 20.2. The molecule has 0 aliphatic carbocycles. The highest BCUT2D eigenvalue weighted by Crippen LogP contribution is 2.14. The number of likely N-dealkylation sites (N-methyl/N-ethyl adjacent to an activating group) is 1. The lowest BCUT2D eigenvalue weighted by Gasteiger charge is -2.22. The van der Waals surface area contributed by atoms with Crippen molar-refractivity contribution >= 4 is 23.8 Å². The lowest BCUT2D eigenvalue weighted by atomic mass is 9.89. The zero-order valence-electron chi connectivity index (χ0n) is 15.1. The summed E-state index contributed by atoms with van der Waals surface area (Å²) in [7, 11) is 2.27. The minimum Gasteiger partial charge on any atom is -0.361 e. The average molecular weight is 370 g/mol. The van der Waals surface area contributed by atoms with Crippen molar-refractivity contribution in [2.45, 2.75) is 31.1 Å². The third-order valence-corrected chi connectivity index (χ3v) is 5.91. The van der Waals surface area contributed by atoms with Crippen LogP contribution in [0.4, 0.5) is 0 Å². The smallest absolute Gasteiger partial charge is 0.243 e. The number of nitrogens with zero attached hydrogens (tertiary/aromatic N) is 1. The number of aryl methyl sites for hydroxylation is 1. The van der Waals surface area contributed by atoms with Crippen LogP contribution in [0.15, 0.2) is 59.5 Å². The molecule has 1 atom stereocenters. The van der Waals surface area contributed by atoms with Gasteiger partial charge in [0.15, 0.2) is 0 Å². The van der Waals surface area contributed by atoms with Crippen molar-refractivity contribution in [2.24, 2.45) is 0 Å². The van der Waals surface area contributed by atoms with Gasteiger partial charge in [-0.3, -0.25) is 4.79 Å². The van der Waals surface area contributed by atoms with Gasteiger partial charge in [0.1, 0.15) is 0 Å². The molecule has 0 spiro atoms. The summed E-state index contributed by atoms with van der Waals surface area (Å²) in [6, 6.07) is 15.9. The van der Waals surface area contributed by atoms with Crippen molar-refractivity contribution in [3.8, 4) is 0 Å². The van der Waals surface area contributed by atoms with Gasteiger partial charge >= 0.3 is 0 Å². The number of carbonyl (C=O) groups excluding carboxylic acids is 1. The van der Waals surface area contributed by atoms with Crippen LogP contribution in [0.3, 0.4) is 0 Å². The van der Waals surface area contributed by atoms with E-state index in [-0.39, 0.29) is 18.0 Å². The highest BCUT2D eigenvalue weighted by Gasteiger charge is 2.25. The van der Waals surface area contributed by atoms with Crippen molar-refractivity contribution < 1.29 is 13.2 Å². The number of sulfonamides is 1. The normalized spacial score (nSPS) is 12.7. The van der Waals surface area contributed by atoms with E-state index in [9.17, 15) is 13.2 Å². The Balaban J connectivity index is 1.97. The third-order valence-electron chi connectivity index (χ3n) is 3.98. The topological polar surface area (TPSA) is 66.5 Å². The predicted molar refractivity (Wildman–Crippen MR) is 103 cm³/mol. The molecule has 0 saturated carbocycles. The van der Waals surface area contributed by atoms with E-state index in [2.05, 4.69) is 5.32 Å². The van der Waals surface area contributed by atoms with E-state index in [1.807, 2.05) is 31.2 Å². The van der Waals surface area contributed by atoms with Gasteiger partial charge in [-0.25, -0.2) is 8.42 Å². The van der Waals surface area contributed by atoms with Crippen LogP contribution in [0.2, 0.25) is 0 Å². The molecule has 2 aromatic carbocycles. The van der Waals surface area contributed by atoms with Gasteiger partial charge < -0.3 is 5.32 Å². The van der Waals surface area contributed by atoms with Gasteiger partial charge in [-0.1, -0.05) is 55.0 Å². The lowest BCUT2D eigenvalue weighted by Crippen LogP contribution is -2.45. The summed E-state index contributed by atoms with van der Waals surface area (Å²) in [6.07, 6.45) is 0.476. The maximum atomic E-state index is 12.6. The number of rotatable bonds is 8. The van der Waals surface area contributed by atoms with Gasteiger partial charge in [-0.2, -0.15) is 4.31 Å². The van der Waals surface area contributed by atoms with Crippen LogP contribution >= 0.6 is 0 Å². The second kappa shape index (κ2) is 9.01. The van der Waals surface area contributed by atoms with Gasteiger partial charge in [0.05, 0.1) is 19.3 Å². The van der Waals surface area contributed by atoms with Crippen LogP contribution in [-0.4, -0.2) is 45.5 Å². The highest BCUT2D eigenvalue weighted by atomic mass is 32.2. The van der Waals surface area contributed by atoms with Gasteiger partial charge in [0.25, 0.3) is 0 Å². The molecular weight excluding hydrogens is 347 g/mol. The standard InChI is InChI=1S/C19H23BN2O3S/c1-3-22(26(24,25)17-7-5-4-6-8-17)14-19(23)21-18(20)13-16-11-9-15(2)10-12-16/h4-12,18H,3,13-14H2,1-2H3,(H,21,23). The van der Waals surface area contributed by atoms with Crippen LogP contribution in [-0.2, 0) is 21.2 Å². The fourth-order valence-electron chi connectivity index (χ4n) is 2.55. The molecule has 0 aliphatic rings. The van der Waals surface area contributed by atoms with Crippen LogP contribution in [0.1, 0.15) is 18.1 Å². The maximum Gasteiger partial charge on any atom is 0.243 e. The van der Waals surface area contributed by atoms with E-state index in [1.165, 1.54) is 12.1 Å². The minimum absolute atomic E-state index is 0.165. The summed E-state index contributed by atoms with van der Waals surface area (Å²) >= 11 is 0. The molecule has 2 rings (SSSR count). The van der Waals surface area contributed by atoms with Crippen molar-refractivity contribution in [3.63, 3.8) is 0 Å². The fourth-order valence-corrected chi connectivity index (χ4v) is 3.98. The first-order chi connectivity index (χ1) is 12.3. The van der Waals surface area contributed by atoms with Crippen molar-refractivity contribution in [3.05, 3.63) is 65.7 Å². The molecule has 136 valence electrons. The van der Waals surface area contributed by atoms with E-state index >= 15 is 0 Å². The Kier molecular flexibility index (Phi) is 7.00. The molecule has 0 heterocycles. The van der Waals surface area contributed by atoms with Crippen molar-refractivity contribution in [1.29, 1.82) is 0 Å². The molecule has 2 radical (unpaired) electrons. The second-order valence-corrected chi connectivity index (χ2v) is 8.05. The Hall–Kier alpha value is -2.12. The highest BCUT2D eigenvalue weighted by molar-refractivity contribution is 7.89. The van der Waals surface area contributed by atoms with Gasteiger partial charge in [0, 0.05) is 6.54 Å². The summed E-state index contributed by atoms with van der Waals surface area (Å²) in [4.78, 5) is 12.4. The zero-order chi connectivity index (χ0) is 19.2. The number of amides is 1. The Labute approximate surface area is 156 Å². The molecule has 0 aromatic heterocycles. The molecule has 5 nitrogen and oxygen atoms in total. The summed E-state index contributed by atoms with van der Waals surface area (Å²) in [6.45, 7) is 3.62. The van der Waals surface area contributed by atoms with E-state index < -0.39 is 21.9 Å². The largest absolute Gasteiger partial charge is 0.361 e. The summed E-state index contributed by atoms with van der Waals surface area (Å²) < 4.78 is 26.4. The zero-order valence-corrected chi connectivity index (χ0v) is 15.9. The summed E-state index contributed by atoms with van der Waals surface area (Å²) in [5.41, 5.74) is 2.16. The third kappa shape index (κ3) is 5.44. The number of hydrogen-bond donors (Lipinski definition) is 1. The molecular formula is C19H23BN2O3S. The van der Waals surface area contributed by atoms with E-state index in [4.69, 9.17) is 7.85 Å². The molecule has 0 fully saturated rings. The van der Waals surface area contributed by atoms with Crippen molar-refractivity contribution in [1.82, 2.24) is 9.62 Å². The fraction of sp³-hybridized carbons (Fsp3) is 0.316. The van der Waals surface area contributed by atoms with Crippen LogP contribution < -0.4 is 5.32 Å². The van der Waals surface area contributed by atoms with E-state index in [0.29, 0.717) is 6.42 Å². The average Bonchev–Trinajstić information content (AvgIpc) is 2.62. The Bertz CT molecular complexity index is 824. The molecule has 26 heavy (non-hydrogen) atoms. The van der Waals surface area contributed by atoms with E-state index in [0.717, 1.165) is 15.4 Å². The summed E-state index contributed by atoms with van der Waals surface area (Å²) in [5.74, 6) is -1.01. The number of hydrogen-bond acceptors (Lipinski definition) is 3. The molecule has 0 aliphatic heterocycles. The Morgan fingerprint density at radius 2 is 1.73 bits per heavy atom. The Morgan fingerprint density at radius 1 is 1.12 bits per heavy atom. The first-order valence-corrected chi connectivity index (χ1v) is 9.92. The Morgan fingerprint density at radius 3 is 2.31 bits per heavy atom. The van der Waals surface area contributed by atoms with Gasteiger partial charge in [0.2, 0.25) is 15.9 Å². The molecule has 1 unspecified atom stereocenters. The molecule has 2 aromatic rings. The number of nitrogens with one attached hydrogen (secondary N) is 1. The van der Waals surface area contributed by atoms with Crippen LogP contribution in [0.25, 0.3) is 0 Å². The van der Waals surface area contributed by atoms with Crippen LogP contribution in [0, 0.1) is 6.92 Å². The lowest BCUT2D eigenvalue weighted by molar-refractivity contribution is -0.121. The van der Waals surface area contributed by atoms with E-state index in [1.54, 1.807) is 25.1 Å². The molecule has 1 amide bonds. The van der Waals surface area contributed by atoms with Gasteiger partial charge in [-0.15, -0.1) is 0 Å². The quantitative estimate of drug-likeness (QED) is 0.722. The predicted octanol–water partition coefficient (Wildman–Crippen LogP) is 1.86. The number of benzene rings is 2. The SMILES string of the molecule is [B]C(Cc1ccc(C)cc1)NC(=O)CN(CC)S(=O)(=O)c1ccccc1. The summed E-state index contributed by atoms with van der Waals surface area (Å²) in [5, 5.41) is 2.66. The van der Waals surface area contributed by atoms with Gasteiger partial charge in [-0.05, 0) is 37.0 Å². The molecule has 0 bridgehead atoms. The minimum atomic E-state index is -3.71. The molecule has 1 N–H and O–H groups in total. The molecule has 7 heteroatoms. The van der Waals surface area contributed by atoms with Crippen molar-refractivity contribution in [2.75, 3.05) is 13.1 Å². The first-order valence-electron chi connectivity index (χ1n) is 8.48. The maximum absolute atomic E-state index is 12.6. The van der Waals surface area contributed by atoms with Crippen LogP contribution in [0.5, 0.6) is 0 Å². The number of carbonyl (C=O) groups is 1. The monoisotopic (exact) mass is 370 g/mol. The molecule has 0 saturated heterocycles. The second-order valence-electron chi connectivity index (χ2n) is 6.11.